The van der Waals surface area contributed by atoms with Crippen LogP contribution in [0.15, 0.2) is 48.1 Å². The van der Waals surface area contributed by atoms with Crippen molar-refractivity contribution in [3.05, 3.63) is 48.1 Å². The molecule has 0 spiro atoms. The van der Waals surface area contributed by atoms with Crippen LogP contribution < -0.4 is 0 Å². The first-order valence-electron chi connectivity index (χ1n) is 11.8. The van der Waals surface area contributed by atoms with E-state index in [1.54, 1.807) is 11.8 Å². The quantitative estimate of drug-likeness (QED) is 0.394. The van der Waals surface area contributed by atoms with E-state index < -0.39 is 17.4 Å². The summed E-state index contributed by atoms with van der Waals surface area (Å²) in [7, 11) is 0. The maximum Gasteiger partial charge on any atom is 0.412 e. The third-order valence-electron chi connectivity index (χ3n) is 5.86. The minimum absolute atomic E-state index is 0.00915. The van der Waals surface area contributed by atoms with Crippen LogP contribution in [0, 0.1) is 11.8 Å². The standard InChI is InChI=1S/C27H45NO3/c1-9-11-12-13-15-23(14-10-2)18-16-21(3)17-19-24-20-22(4)27(8,30)28(24)25(29)31-26(5,6)7/h9,11-14,16,18,21-22,24,30H,10,15,17,19-20H2,1-8H3/b11-9-,13-12-,18-16-,23-14-/t21?,22?,24-,27?/m1/s1. The summed E-state index contributed by atoms with van der Waals surface area (Å²) in [6, 6.07) is -0.00915. The molecule has 31 heavy (non-hydrogen) atoms. The molecule has 0 aromatic heterocycles. The van der Waals surface area contributed by atoms with Gasteiger partial charge in [-0.25, -0.2) is 4.79 Å². The van der Waals surface area contributed by atoms with Crippen molar-refractivity contribution >= 4 is 6.09 Å². The number of amides is 1. The van der Waals surface area contributed by atoms with Crippen molar-refractivity contribution in [2.24, 2.45) is 11.8 Å². The predicted molar refractivity (Wildman–Crippen MR) is 131 cm³/mol. The smallest absolute Gasteiger partial charge is 0.412 e. The van der Waals surface area contributed by atoms with E-state index in [4.69, 9.17) is 4.74 Å². The number of aliphatic hydroxyl groups is 1. The van der Waals surface area contributed by atoms with Gasteiger partial charge in [0.15, 0.2) is 0 Å². The molecule has 1 N–H and O–H groups in total. The van der Waals surface area contributed by atoms with Gasteiger partial charge in [-0.15, -0.1) is 0 Å². The van der Waals surface area contributed by atoms with Crippen LogP contribution in [0.25, 0.3) is 0 Å². The van der Waals surface area contributed by atoms with Crippen LogP contribution in [0.2, 0.25) is 0 Å². The van der Waals surface area contributed by atoms with Gasteiger partial charge in [0.05, 0.1) is 0 Å². The molecule has 1 saturated heterocycles. The highest BCUT2D eigenvalue weighted by atomic mass is 16.6. The van der Waals surface area contributed by atoms with Crippen LogP contribution in [0.3, 0.4) is 0 Å². The van der Waals surface area contributed by atoms with E-state index in [0.29, 0.717) is 5.92 Å². The Bertz CT molecular complexity index is 679. The molecule has 4 atom stereocenters. The van der Waals surface area contributed by atoms with E-state index in [2.05, 4.69) is 44.2 Å². The topological polar surface area (TPSA) is 49.8 Å². The van der Waals surface area contributed by atoms with Gasteiger partial charge >= 0.3 is 6.09 Å². The number of carbonyl (C=O) groups excluding carboxylic acids is 1. The van der Waals surface area contributed by atoms with Gasteiger partial charge in [-0.05, 0) is 78.2 Å². The van der Waals surface area contributed by atoms with E-state index in [9.17, 15) is 9.90 Å². The molecule has 0 bridgehead atoms. The largest absolute Gasteiger partial charge is 0.444 e. The Hall–Kier alpha value is -1.81. The van der Waals surface area contributed by atoms with Crippen LogP contribution >= 0.6 is 0 Å². The molecule has 1 heterocycles. The average molecular weight is 432 g/mol. The predicted octanol–water partition coefficient (Wildman–Crippen LogP) is 7.17. The lowest BCUT2D eigenvalue weighted by Crippen LogP contribution is -2.52. The Morgan fingerprint density at radius 2 is 2.00 bits per heavy atom. The van der Waals surface area contributed by atoms with Gasteiger partial charge in [0.1, 0.15) is 11.3 Å². The van der Waals surface area contributed by atoms with Gasteiger partial charge in [0.25, 0.3) is 0 Å². The Morgan fingerprint density at radius 1 is 1.32 bits per heavy atom. The lowest BCUT2D eigenvalue weighted by Gasteiger charge is -2.37. The SMILES string of the molecule is C/C=C\C=C/CC(/C=C\C(C)CC[C@@H]1CC(C)C(C)(O)N1C(=O)OC(C)(C)C)=C/CC. The van der Waals surface area contributed by atoms with E-state index >= 15 is 0 Å². The Kier molecular flexibility index (Phi) is 10.8. The lowest BCUT2D eigenvalue weighted by atomic mass is 9.95. The molecule has 4 nitrogen and oxygen atoms in total. The van der Waals surface area contributed by atoms with Crippen molar-refractivity contribution in [3.63, 3.8) is 0 Å². The summed E-state index contributed by atoms with van der Waals surface area (Å²) in [5.74, 6) is 0.403. The zero-order chi connectivity index (χ0) is 23.7. The van der Waals surface area contributed by atoms with Crippen molar-refractivity contribution in [2.45, 2.75) is 105 Å². The third kappa shape index (κ3) is 9.06. The molecule has 4 heteroatoms. The fourth-order valence-electron chi connectivity index (χ4n) is 3.95. The average Bonchev–Trinajstić information content (AvgIpc) is 2.88. The summed E-state index contributed by atoms with van der Waals surface area (Å²) in [6.07, 6.45) is 19.2. The molecule has 176 valence electrons. The van der Waals surface area contributed by atoms with Crippen molar-refractivity contribution in [1.29, 1.82) is 0 Å². The summed E-state index contributed by atoms with van der Waals surface area (Å²) in [5.41, 5.74) is -0.436. The summed E-state index contributed by atoms with van der Waals surface area (Å²) in [4.78, 5) is 14.4. The van der Waals surface area contributed by atoms with E-state index in [1.807, 2.05) is 46.8 Å². The van der Waals surface area contributed by atoms with Crippen LogP contribution in [0.4, 0.5) is 4.79 Å². The van der Waals surface area contributed by atoms with E-state index in [1.165, 1.54) is 5.57 Å². The summed E-state index contributed by atoms with van der Waals surface area (Å²) in [5, 5.41) is 11.0. The highest BCUT2D eigenvalue weighted by molar-refractivity contribution is 5.70. The fraction of sp³-hybridized carbons (Fsp3) is 0.667. The lowest BCUT2D eigenvalue weighted by molar-refractivity contribution is -0.102. The highest BCUT2D eigenvalue weighted by Gasteiger charge is 2.50. The van der Waals surface area contributed by atoms with Crippen molar-refractivity contribution in [3.8, 4) is 0 Å². The normalized spacial score (nSPS) is 26.5. The number of nitrogens with zero attached hydrogens (tertiary/aromatic N) is 1. The van der Waals surface area contributed by atoms with E-state index in [-0.39, 0.29) is 12.0 Å². The molecule has 0 aliphatic carbocycles. The zero-order valence-electron chi connectivity index (χ0n) is 21.0. The van der Waals surface area contributed by atoms with Crippen LogP contribution in [-0.2, 0) is 4.74 Å². The number of rotatable bonds is 9. The first-order chi connectivity index (χ1) is 14.4. The Labute approximate surface area is 190 Å². The summed E-state index contributed by atoms with van der Waals surface area (Å²) < 4.78 is 5.60. The maximum absolute atomic E-state index is 12.8. The number of carbonyl (C=O) groups is 1. The maximum atomic E-state index is 12.8. The van der Waals surface area contributed by atoms with Crippen LogP contribution in [0.5, 0.6) is 0 Å². The molecule has 1 aliphatic heterocycles. The van der Waals surface area contributed by atoms with Crippen LogP contribution in [-0.4, -0.2) is 33.5 Å². The van der Waals surface area contributed by atoms with Gasteiger partial charge in [0.2, 0.25) is 0 Å². The molecule has 1 aliphatic rings. The summed E-state index contributed by atoms with van der Waals surface area (Å²) >= 11 is 0. The zero-order valence-corrected chi connectivity index (χ0v) is 21.0. The van der Waals surface area contributed by atoms with Gasteiger partial charge in [-0.2, -0.15) is 0 Å². The van der Waals surface area contributed by atoms with Gasteiger partial charge in [0, 0.05) is 12.0 Å². The monoisotopic (exact) mass is 431 g/mol. The fourth-order valence-corrected chi connectivity index (χ4v) is 3.95. The minimum Gasteiger partial charge on any atom is -0.444 e. The number of likely N-dealkylation sites (tertiary alicyclic amines) is 1. The van der Waals surface area contributed by atoms with Gasteiger partial charge < -0.3 is 9.84 Å². The van der Waals surface area contributed by atoms with Crippen molar-refractivity contribution in [1.82, 2.24) is 4.90 Å². The molecule has 0 aromatic carbocycles. The second-order valence-electron chi connectivity index (χ2n) is 9.99. The van der Waals surface area contributed by atoms with Crippen molar-refractivity contribution in [2.75, 3.05) is 0 Å². The van der Waals surface area contributed by atoms with Gasteiger partial charge in [-0.3, -0.25) is 4.90 Å². The summed E-state index contributed by atoms with van der Waals surface area (Å²) in [6.45, 7) is 15.7. The molecule has 1 fully saturated rings. The second kappa shape index (κ2) is 12.3. The Morgan fingerprint density at radius 3 is 2.58 bits per heavy atom. The number of allylic oxidation sites excluding steroid dienone is 8. The molecular weight excluding hydrogens is 386 g/mol. The molecule has 1 rings (SSSR count). The van der Waals surface area contributed by atoms with Gasteiger partial charge in [-0.1, -0.05) is 63.3 Å². The molecule has 1 amide bonds. The van der Waals surface area contributed by atoms with Crippen LogP contribution in [0.1, 0.15) is 87.5 Å². The number of ether oxygens (including phenoxy) is 1. The molecule has 0 saturated carbocycles. The molecular formula is C27H45NO3. The minimum atomic E-state index is -1.18. The second-order valence-corrected chi connectivity index (χ2v) is 9.99. The van der Waals surface area contributed by atoms with Crippen molar-refractivity contribution < 1.29 is 14.6 Å². The first-order valence-corrected chi connectivity index (χ1v) is 11.8. The number of hydrogen-bond acceptors (Lipinski definition) is 3. The molecule has 3 unspecified atom stereocenters. The van der Waals surface area contributed by atoms with E-state index in [0.717, 1.165) is 32.1 Å². The Balaban J connectivity index is 2.76. The highest BCUT2D eigenvalue weighted by Crippen LogP contribution is 2.40. The first kappa shape index (κ1) is 27.2. The molecule has 0 aromatic rings. The third-order valence-corrected chi connectivity index (χ3v) is 5.86. The molecule has 0 radical (unpaired) electrons. The number of hydrogen-bond donors (Lipinski definition) is 1.